The largest absolute Gasteiger partial charge is 0.331 e. The normalized spacial score (nSPS) is 10.7. The molecule has 1 aromatic heterocycles. The highest BCUT2D eigenvalue weighted by atomic mass is 32.1. The lowest BCUT2D eigenvalue weighted by atomic mass is 10.1. The van der Waals surface area contributed by atoms with Crippen LogP contribution in [0.1, 0.15) is 30.1 Å². The molecule has 0 fully saturated rings. The Morgan fingerprint density at radius 2 is 2.07 bits per heavy atom. The molecule has 0 amide bonds. The van der Waals surface area contributed by atoms with Crippen LogP contribution < -0.4 is 0 Å². The monoisotopic (exact) mass is 220 g/mol. The summed E-state index contributed by atoms with van der Waals surface area (Å²) in [5.74, 6) is 0.180. The zero-order chi connectivity index (χ0) is 10.8. The van der Waals surface area contributed by atoms with E-state index in [1.807, 2.05) is 25.1 Å². The van der Waals surface area contributed by atoms with Crippen molar-refractivity contribution in [1.29, 1.82) is 0 Å². The standard InChI is InChI=1S/C11H12N2OS/c1-2-3-10(14)7-4-5-8-9(6-7)13-11(15)12-8/h4-6H,2-3H2,1H3,(H2,12,13,15). The molecule has 0 aliphatic heterocycles. The number of fused-ring (bicyclic) bond motifs is 1. The first kappa shape index (κ1) is 10.1. The Kier molecular flexibility index (Phi) is 2.68. The van der Waals surface area contributed by atoms with E-state index in [1.54, 1.807) is 0 Å². The smallest absolute Gasteiger partial charge is 0.175 e. The number of rotatable bonds is 3. The van der Waals surface area contributed by atoms with Crippen LogP contribution in [0.15, 0.2) is 18.2 Å². The van der Waals surface area contributed by atoms with E-state index in [0.717, 1.165) is 23.0 Å². The van der Waals surface area contributed by atoms with E-state index in [4.69, 9.17) is 12.2 Å². The summed E-state index contributed by atoms with van der Waals surface area (Å²) in [5, 5.41) is 0. The van der Waals surface area contributed by atoms with Gasteiger partial charge in [0.1, 0.15) is 0 Å². The number of Topliss-reactive ketones (excluding diaryl/α,β-unsaturated/α-hetero) is 1. The number of imidazole rings is 1. The molecule has 3 nitrogen and oxygen atoms in total. The second kappa shape index (κ2) is 3.98. The van der Waals surface area contributed by atoms with Crippen molar-refractivity contribution in [3.05, 3.63) is 28.5 Å². The number of ketones is 1. The van der Waals surface area contributed by atoms with Gasteiger partial charge in [0.2, 0.25) is 0 Å². The first-order chi connectivity index (χ1) is 7.20. The van der Waals surface area contributed by atoms with Crippen molar-refractivity contribution in [3.63, 3.8) is 0 Å². The summed E-state index contributed by atoms with van der Waals surface area (Å²) in [7, 11) is 0. The number of aromatic nitrogens is 2. The van der Waals surface area contributed by atoms with Crippen molar-refractivity contribution in [2.45, 2.75) is 19.8 Å². The van der Waals surface area contributed by atoms with Crippen LogP contribution in [-0.4, -0.2) is 15.8 Å². The van der Waals surface area contributed by atoms with Gasteiger partial charge in [0.05, 0.1) is 11.0 Å². The van der Waals surface area contributed by atoms with Crippen LogP contribution in [-0.2, 0) is 0 Å². The molecule has 2 aromatic rings. The number of H-pyrrole nitrogens is 2. The number of carbonyl (C=O) groups excluding carboxylic acids is 1. The second-order valence-electron chi connectivity index (χ2n) is 3.51. The summed E-state index contributed by atoms with van der Waals surface area (Å²) in [4.78, 5) is 17.7. The third kappa shape index (κ3) is 1.99. The minimum atomic E-state index is 0.180. The van der Waals surface area contributed by atoms with E-state index >= 15 is 0 Å². The molecule has 15 heavy (non-hydrogen) atoms. The third-order valence-corrected chi connectivity index (χ3v) is 2.52. The average Bonchev–Trinajstić information content (AvgIpc) is 2.57. The Morgan fingerprint density at radius 1 is 1.33 bits per heavy atom. The van der Waals surface area contributed by atoms with Crippen molar-refractivity contribution >= 4 is 29.0 Å². The molecule has 0 bridgehead atoms. The first-order valence-electron chi connectivity index (χ1n) is 4.96. The lowest BCUT2D eigenvalue weighted by molar-refractivity contribution is 0.0982. The SMILES string of the molecule is CCCC(=O)c1ccc2[nH]c(=S)[nH]c2c1. The predicted molar refractivity (Wildman–Crippen MR) is 62.7 cm³/mol. The van der Waals surface area contributed by atoms with E-state index < -0.39 is 0 Å². The van der Waals surface area contributed by atoms with Gasteiger partial charge in [0.25, 0.3) is 0 Å². The molecule has 0 atom stereocenters. The molecular formula is C11H12N2OS. The Labute approximate surface area is 92.5 Å². The van der Waals surface area contributed by atoms with Gasteiger partial charge in [-0.2, -0.15) is 0 Å². The highest BCUT2D eigenvalue weighted by molar-refractivity contribution is 7.71. The van der Waals surface area contributed by atoms with Gasteiger partial charge in [-0.15, -0.1) is 0 Å². The van der Waals surface area contributed by atoms with E-state index in [-0.39, 0.29) is 5.78 Å². The molecular weight excluding hydrogens is 208 g/mol. The molecule has 1 aromatic carbocycles. The van der Waals surface area contributed by atoms with Gasteiger partial charge >= 0.3 is 0 Å². The Bertz CT molecular complexity index is 553. The van der Waals surface area contributed by atoms with Crippen LogP contribution in [0.5, 0.6) is 0 Å². The van der Waals surface area contributed by atoms with Gasteiger partial charge in [0, 0.05) is 12.0 Å². The average molecular weight is 220 g/mol. The van der Waals surface area contributed by atoms with Gasteiger partial charge in [-0.25, -0.2) is 0 Å². The van der Waals surface area contributed by atoms with Gasteiger partial charge < -0.3 is 9.97 Å². The van der Waals surface area contributed by atoms with Crippen LogP contribution in [0, 0.1) is 4.77 Å². The molecule has 2 N–H and O–H groups in total. The molecule has 1 heterocycles. The Balaban J connectivity index is 2.46. The van der Waals surface area contributed by atoms with Crippen LogP contribution in [0.3, 0.4) is 0 Å². The van der Waals surface area contributed by atoms with Crippen molar-refractivity contribution in [1.82, 2.24) is 9.97 Å². The molecule has 0 unspecified atom stereocenters. The van der Waals surface area contributed by atoms with Gasteiger partial charge in [-0.1, -0.05) is 6.92 Å². The molecule has 0 aliphatic carbocycles. The fourth-order valence-corrected chi connectivity index (χ4v) is 1.80. The number of carbonyl (C=O) groups is 1. The molecule has 78 valence electrons. The maximum absolute atomic E-state index is 11.6. The molecule has 2 rings (SSSR count). The van der Waals surface area contributed by atoms with Crippen LogP contribution >= 0.6 is 12.2 Å². The highest BCUT2D eigenvalue weighted by Gasteiger charge is 2.05. The van der Waals surface area contributed by atoms with E-state index in [0.29, 0.717) is 11.2 Å². The summed E-state index contributed by atoms with van der Waals surface area (Å²) in [6, 6.07) is 5.56. The predicted octanol–water partition coefficient (Wildman–Crippen LogP) is 3.21. The molecule has 0 aliphatic rings. The molecule has 0 radical (unpaired) electrons. The van der Waals surface area contributed by atoms with Gasteiger partial charge in [0.15, 0.2) is 10.6 Å². The lowest BCUT2D eigenvalue weighted by Gasteiger charge is -1.98. The zero-order valence-corrected chi connectivity index (χ0v) is 9.28. The van der Waals surface area contributed by atoms with Crippen LogP contribution in [0.2, 0.25) is 0 Å². The summed E-state index contributed by atoms with van der Waals surface area (Å²) in [6.07, 6.45) is 1.47. The summed E-state index contributed by atoms with van der Waals surface area (Å²) >= 11 is 4.98. The van der Waals surface area contributed by atoms with Crippen LogP contribution in [0.4, 0.5) is 0 Å². The number of benzene rings is 1. The highest BCUT2D eigenvalue weighted by Crippen LogP contribution is 2.14. The number of aromatic amines is 2. The van der Waals surface area contributed by atoms with Crippen molar-refractivity contribution < 1.29 is 4.79 Å². The molecule has 0 saturated carbocycles. The maximum Gasteiger partial charge on any atom is 0.175 e. The van der Waals surface area contributed by atoms with E-state index in [1.165, 1.54) is 0 Å². The Morgan fingerprint density at radius 3 is 2.80 bits per heavy atom. The first-order valence-corrected chi connectivity index (χ1v) is 5.37. The minimum Gasteiger partial charge on any atom is -0.331 e. The molecule has 0 spiro atoms. The Hall–Kier alpha value is -1.42. The van der Waals surface area contributed by atoms with E-state index in [2.05, 4.69) is 9.97 Å². The van der Waals surface area contributed by atoms with Gasteiger partial charge in [-0.05, 0) is 36.8 Å². The van der Waals surface area contributed by atoms with Gasteiger partial charge in [-0.3, -0.25) is 4.79 Å². The summed E-state index contributed by atoms with van der Waals surface area (Å²) in [6.45, 7) is 2.00. The third-order valence-electron chi connectivity index (χ3n) is 2.32. The number of hydrogen-bond acceptors (Lipinski definition) is 2. The van der Waals surface area contributed by atoms with Crippen molar-refractivity contribution in [3.8, 4) is 0 Å². The lowest BCUT2D eigenvalue weighted by Crippen LogP contribution is -1.97. The fraction of sp³-hybridized carbons (Fsp3) is 0.273. The fourth-order valence-electron chi connectivity index (χ4n) is 1.58. The number of hydrogen-bond donors (Lipinski definition) is 2. The molecule has 0 saturated heterocycles. The number of nitrogens with one attached hydrogen (secondary N) is 2. The van der Waals surface area contributed by atoms with Crippen LogP contribution in [0.25, 0.3) is 11.0 Å². The van der Waals surface area contributed by atoms with Crippen molar-refractivity contribution in [2.24, 2.45) is 0 Å². The maximum atomic E-state index is 11.6. The molecule has 4 heteroatoms. The second-order valence-corrected chi connectivity index (χ2v) is 3.92. The summed E-state index contributed by atoms with van der Waals surface area (Å²) in [5.41, 5.74) is 2.57. The summed E-state index contributed by atoms with van der Waals surface area (Å²) < 4.78 is 0.588. The van der Waals surface area contributed by atoms with Crippen molar-refractivity contribution in [2.75, 3.05) is 0 Å². The quantitative estimate of drug-likeness (QED) is 0.616. The van der Waals surface area contributed by atoms with E-state index in [9.17, 15) is 4.79 Å². The zero-order valence-electron chi connectivity index (χ0n) is 8.46. The minimum absolute atomic E-state index is 0.180. The topological polar surface area (TPSA) is 48.6 Å².